The fourth-order valence-electron chi connectivity index (χ4n) is 2.85. The number of hydrogen-bond acceptors (Lipinski definition) is 2. The Hall–Kier alpha value is -1.20. The number of halogens is 2. The van der Waals surface area contributed by atoms with Gasteiger partial charge in [-0.1, -0.05) is 28.8 Å². The number of rotatable bonds is 5. The molecule has 0 atom stereocenters. The molecule has 1 aromatic heterocycles. The van der Waals surface area contributed by atoms with Gasteiger partial charge in [0.25, 0.3) is 0 Å². The highest BCUT2D eigenvalue weighted by atomic mass is 79.9. The Kier molecular flexibility index (Phi) is 4.70. The van der Waals surface area contributed by atoms with Crippen LogP contribution in [-0.2, 0) is 13.1 Å². The Labute approximate surface area is 132 Å². The number of benzene rings is 1. The van der Waals surface area contributed by atoms with E-state index in [1.807, 2.05) is 0 Å². The number of nitrogens with zero attached hydrogens (tertiary/aromatic N) is 2. The first-order valence-corrected chi connectivity index (χ1v) is 8.20. The molecule has 5 heteroatoms. The molecule has 0 bridgehead atoms. The molecule has 1 N–H and O–H groups in total. The highest BCUT2D eigenvalue weighted by Gasteiger charge is 2.17. The molecule has 0 saturated heterocycles. The van der Waals surface area contributed by atoms with Crippen LogP contribution in [0.4, 0.5) is 4.39 Å². The number of aromatic nitrogens is 2. The van der Waals surface area contributed by atoms with Crippen LogP contribution in [0.15, 0.2) is 34.9 Å². The summed E-state index contributed by atoms with van der Waals surface area (Å²) in [6.07, 6.45) is 7.18. The van der Waals surface area contributed by atoms with Crippen molar-refractivity contribution in [3.63, 3.8) is 0 Å². The molecule has 1 fully saturated rings. The van der Waals surface area contributed by atoms with Crippen molar-refractivity contribution in [2.75, 3.05) is 0 Å². The van der Waals surface area contributed by atoms with E-state index in [1.165, 1.54) is 31.7 Å². The Morgan fingerprint density at radius 3 is 2.86 bits per heavy atom. The molecule has 2 aromatic rings. The predicted octanol–water partition coefficient (Wildman–Crippen LogP) is 4.19. The standard InChI is InChI=1S/C16H19BrFN3/c17-16-6-5-13(18)9-12(16)10-19-11-14-7-8-21(20-14)15-3-1-2-4-15/h5-9,15,19H,1-4,10-11H2. The molecule has 21 heavy (non-hydrogen) atoms. The highest BCUT2D eigenvalue weighted by Crippen LogP contribution is 2.28. The van der Waals surface area contributed by atoms with Gasteiger partial charge in [0.15, 0.2) is 0 Å². The summed E-state index contributed by atoms with van der Waals surface area (Å²) >= 11 is 3.44. The van der Waals surface area contributed by atoms with Crippen molar-refractivity contribution < 1.29 is 4.39 Å². The lowest BCUT2D eigenvalue weighted by Crippen LogP contribution is -2.14. The quantitative estimate of drug-likeness (QED) is 0.875. The third kappa shape index (κ3) is 3.71. The van der Waals surface area contributed by atoms with Crippen LogP contribution in [-0.4, -0.2) is 9.78 Å². The van der Waals surface area contributed by atoms with Gasteiger partial charge in [-0.2, -0.15) is 5.10 Å². The van der Waals surface area contributed by atoms with Gasteiger partial charge in [-0.25, -0.2) is 4.39 Å². The van der Waals surface area contributed by atoms with Crippen molar-refractivity contribution in [2.45, 2.75) is 44.8 Å². The smallest absolute Gasteiger partial charge is 0.123 e. The molecule has 1 aliphatic carbocycles. The van der Waals surface area contributed by atoms with E-state index in [0.29, 0.717) is 19.1 Å². The monoisotopic (exact) mass is 351 g/mol. The molecule has 0 amide bonds. The molecular formula is C16H19BrFN3. The molecule has 3 nitrogen and oxygen atoms in total. The Balaban J connectivity index is 1.54. The van der Waals surface area contributed by atoms with E-state index in [4.69, 9.17) is 0 Å². The van der Waals surface area contributed by atoms with Crippen LogP contribution in [0, 0.1) is 5.82 Å². The first-order chi connectivity index (χ1) is 10.2. The lowest BCUT2D eigenvalue weighted by atomic mass is 10.2. The van der Waals surface area contributed by atoms with E-state index >= 15 is 0 Å². The van der Waals surface area contributed by atoms with Gasteiger partial charge in [0.2, 0.25) is 0 Å². The van der Waals surface area contributed by atoms with E-state index in [1.54, 1.807) is 12.1 Å². The van der Waals surface area contributed by atoms with E-state index in [0.717, 1.165) is 15.7 Å². The summed E-state index contributed by atoms with van der Waals surface area (Å²) in [5, 5.41) is 7.95. The summed E-state index contributed by atoms with van der Waals surface area (Å²) in [5.41, 5.74) is 1.96. The molecule has 1 heterocycles. The van der Waals surface area contributed by atoms with Gasteiger partial charge in [-0.3, -0.25) is 4.68 Å². The van der Waals surface area contributed by atoms with Crippen LogP contribution in [0.25, 0.3) is 0 Å². The van der Waals surface area contributed by atoms with Gasteiger partial charge in [0, 0.05) is 23.8 Å². The van der Waals surface area contributed by atoms with E-state index in [9.17, 15) is 4.39 Å². The van der Waals surface area contributed by atoms with Crippen molar-refractivity contribution in [3.8, 4) is 0 Å². The Morgan fingerprint density at radius 2 is 2.05 bits per heavy atom. The molecule has 0 radical (unpaired) electrons. The average molecular weight is 352 g/mol. The SMILES string of the molecule is Fc1ccc(Br)c(CNCc2ccn(C3CCCC3)n2)c1. The van der Waals surface area contributed by atoms with Crippen LogP contribution < -0.4 is 5.32 Å². The minimum Gasteiger partial charge on any atom is -0.307 e. The van der Waals surface area contributed by atoms with Crippen molar-refractivity contribution >= 4 is 15.9 Å². The lowest BCUT2D eigenvalue weighted by molar-refractivity contribution is 0.460. The van der Waals surface area contributed by atoms with Gasteiger partial charge in [0.1, 0.15) is 5.82 Å². The van der Waals surface area contributed by atoms with Gasteiger partial charge < -0.3 is 5.32 Å². The van der Waals surface area contributed by atoms with Crippen LogP contribution in [0.5, 0.6) is 0 Å². The summed E-state index contributed by atoms with van der Waals surface area (Å²) in [4.78, 5) is 0. The molecule has 1 aliphatic rings. The van der Waals surface area contributed by atoms with Gasteiger partial charge >= 0.3 is 0 Å². The van der Waals surface area contributed by atoms with E-state index in [-0.39, 0.29) is 5.82 Å². The van der Waals surface area contributed by atoms with Crippen molar-refractivity contribution in [3.05, 3.63) is 52.0 Å². The molecular weight excluding hydrogens is 333 g/mol. The van der Waals surface area contributed by atoms with Crippen molar-refractivity contribution in [2.24, 2.45) is 0 Å². The minimum atomic E-state index is -0.208. The maximum Gasteiger partial charge on any atom is 0.123 e. The summed E-state index contributed by atoms with van der Waals surface area (Å²) in [6, 6.07) is 7.38. The van der Waals surface area contributed by atoms with Crippen LogP contribution >= 0.6 is 15.9 Å². The first-order valence-electron chi connectivity index (χ1n) is 7.41. The maximum atomic E-state index is 13.2. The van der Waals surface area contributed by atoms with Crippen LogP contribution in [0.2, 0.25) is 0 Å². The normalized spacial score (nSPS) is 15.7. The second-order valence-electron chi connectivity index (χ2n) is 5.56. The van der Waals surface area contributed by atoms with Crippen LogP contribution in [0.1, 0.15) is 43.0 Å². The highest BCUT2D eigenvalue weighted by molar-refractivity contribution is 9.10. The maximum absolute atomic E-state index is 13.2. The van der Waals surface area contributed by atoms with Crippen molar-refractivity contribution in [1.29, 1.82) is 0 Å². The average Bonchev–Trinajstić information content (AvgIpc) is 3.13. The first kappa shape index (κ1) is 14.7. The molecule has 1 aromatic carbocycles. The molecule has 112 valence electrons. The second-order valence-corrected chi connectivity index (χ2v) is 6.42. The van der Waals surface area contributed by atoms with Gasteiger partial charge in [-0.15, -0.1) is 0 Å². The zero-order valence-electron chi connectivity index (χ0n) is 11.9. The Morgan fingerprint density at radius 1 is 1.24 bits per heavy atom. The van der Waals surface area contributed by atoms with E-state index < -0.39 is 0 Å². The summed E-state index contributed by atoms with van der Waals surface area (Å²) in [7, 11) is 0. The molecule has 0 spiro atoms. The fourth-order valence-corrected chi connectivity index (χ4v) is 3.23. The topological polar surface area (TPSA) is 29.9 Å². The summed E-state index contributed by atoms with van der Waals surface area (Å²) in [5.74, 6) is -0.208. The van der Waals surface area contributed by atoms with Crippen LogP contribution in [0.3, 0.4) is 0 Å². The molecule has 0 aliphatic heterocycles. The zero-order chi connectivity index (χ0) is 14.7. The Bertz CT molecular complexity index is 605. The van der Waals surface area contributed by atoms with Gasteiger partial charge in [0.05, 0.1) is 11.7 Å². The molecule has 3 rings (SSSR count). The third-order valence-corrected chi connectivity index (χ3v) is 4.77. The predicted molar refractivity (Wildman–Crippen MR) is 84.4 cm³/mol. The fraction of sp³-hybridized carbons (Fsp3) is 0.438. The van der Waals surface area contributed by atoms with Crippen molar-refractivity contribution in [1.82, 2.24) is 15.1 Å². The number of hydrogen-bond donors (Lipinski definition) is 1. The summed E-state index contributed by atoms with van der Waals surface area (Å²) < 4.78 is 16.2. The summed E-state index contributed by atoms with van der Waals surface area (Å²) in [6.45, 7) is 1.32. The minimum absolute atomic E-state index is 0.208. The third-order valence-electron chi connectivity index (χ3n) is 3.99. The zero-order valence-corrected chi connectivity index (χ0v) is 13.4. The molecule has 0 unspecified atom stereocenters. The number of nitrogens with one attached hydrogen (secondary N) is 1. The largest absolute Gasteiger partial charge is 0.307 e. The van der Waals surface area contributed by atoms with Gasteiger partial charge in [-0.05, 0) is 42.7 Å². The molecule has 1 saturated carbocycles. The van der Waals surface area contributed by atoms with E-state index in [2.05, 4.69) is 43.3 Å². The lowest BCUT2D eigenvalue weighted by Gasteiger charge is -2.09. The second kappa shape index (κ2) is 6.71.